The summed E-state index contributed by atoms with van der Waals surface area (Å²) in [5, 5.41) is 3.77. The molecule has 0 radical (unpaired) electrons. The number of nitrogens with two attached hydrogens (primary N) is 1. The van der Waals surface area contributed by atoms with Crippen molar-refractivity contribution in [2.24, 2.45) is 5.11 Å². The second-order valence-electron chi connectivity index (χ2n) is 9.78. The maximum atomic E-state index is 13.0. The minimum absolute atomic E-state index is 0.0490. The molecule has 5 rings (SSSR count). The van der Waals surface area contributed by atoms with E-state index in [0.717, 1.165) is 33.6 Å². The van der Waals surface area contributed by atoms with E-state index in [1.54, 1.807) is 4.90 Å². The minimum atomic E-state index is -0.276. The molecule has 1 aliphatic carbocycles. The van der Waals surface area contributed by atoms with Gasteiger partial charge in [-0.05, 0) is 70.8 Å². The van der Waals surface area contributed by atoms with E-state index < -0.39 is 0 Å². The second kappa shape index (κ2) is 10.1. The third kappa shape index (κ3) is 4.34. The average Bonchev–Trinajstić information content (AvgIpc) is 3.24. The monoisotopic (exact) mass is 496 g/mol. The zero-order valence-electron chi connectivity index (χ0n) is 21.6. The van der Waals surface area contributed by atoms with Crippen LogP contribution in [-0.2, 0) is 11.3 Å². The van der Waals surface area contributed by atoms with Gasteiger partial charge in [-0.1, -0.05) is 53.6 Å². The first kappa shape index (κ1) is 24.5. The number of nitrogens with zero attached hydrogens (tertiary/aromatic N) is 5. The van der Waals surface area contributed by atoms with Crippen LogP contribution in [-0.4, -0.2) is 43.8 Å². The van der Waals surface area contributed by atoms with Crippen molar-refractivity contribution in [2.75, 3.05) is 43.4 Å². The molecule has 0 saturated carbocycles. The number of hydrogen-bond donors (Lipinski definition) is 1. The molecule has 8 heteroatoms. The number of nitrogen functional groups attached to an aromatic ring is 1. The molecule has 1 aliphatic heterocycles. The first-order chi connectivity index (χ1) is 17.9. The van der Waals surface area contributed by atoms with Crippen molar-refractivity contribution in [1.29, 1.82) is 0 Å². The van der Waals surface area contributed by atoms with Gasteiger partial charge in [-0.3, -0.25) is 0 Å². The van der Waals surface area contributed by atoms with Crippen molar-refractivity contribution in [2.45, 2.75) is 33.2 Å². The van der Waals surface area contributed by atoms with Crippen molar-refractivity contribution in [1.82, 2.24) is 4.90 Å². The average molecular weight is 497 g/mol. The number of piperazine rings is 1. The molecule has 2 N–H and O–H groups in total. The second-order valence-corrected chi connectivity index (χ2v) is 9.78. The lowest BCUT2D eigenvalue weighted by Gasteiger charge is -2.38. The number of rotatable bonds is 5. The Morgan fingerprint density at radius 1 is 0.973 bits per heavy atom. The fourth-order valence-electron chi connectivity index (χ4n) is 5.89. The van der Waals surface area contributed by atoms with Gasteiger partial charge in [0.25, 0.3) is 0 Å². The lowest BCUT2D eigenvalue weighted by molar-refractivity contribution is 0.0977. The summed E-state index contributed by atoms with van der Waals surface area (Å²) in [7, 11) is 0. The molecule has 1 fully saturated rings. The lowest BCUT2D eigenvalue weighted by Crippen LogP contribution is -2.49. The molecule has 1 amide bonds. The van der Waals surface area contributed by atoms with E-state index in [1.165, 1.54) is 22.3 Å². The van der Waals surface area contributed by atoms with E-state index in [9.17, 15) is 4.79 Å². The first-order valence-corrected chi connectivity index (χ1v) is 12.7. The number of carbonyl (C=O) groups excluding carboxylic acids is 1. The Labute approximate surface area is 217 Å². The molecule has 0 unspecified atom stereocenters. The van der Waals surface area contributed by atoms with Crippen molar-refractivity contribution in [3.8, 4) is 11.1 Å². The maximum Gasteiger partial charge on any atom is 0.409 e. The summed E-state index contributed by atoms with van der Waals surface area (Å²) in [6, 6.07) is 16.7. The van der Waals surface area contributed by atoms with Crippen molar-refractivity contribution in [3.05, 3.63) is 92.4 Å². The molecule has 37 heavy (non-hydrogen) atoms. The molecule has 1 heterocycles. The van der Waals surface area contributed by atoms with E-state index in [-0.39, 0.29) is 18.6 Å². The summed E-state index contributed by atoms with van der Waals surface area (Å²) in [5.41, 5.74) is 25.9. The predicted octanol–water partition coefficient (Wildman–Crippen LogP) is 6.08. The van der Waals surface area contributed by atoms with Crippen LogP contribution in [0.25, 0.3) is 21.6 Å². The highest BCUT2D eigenvalue weighted by molar-refractivity contribution is 5.79. The van der Waals surface area contributed by atoms with Gasteiger partial charge in [0.05, 0.1) is 6.54 Å². The molecular weight excluding hydrogens is 464 g/mol. The van der Waals surface area contributed by atoms with Crippen LogP contribution in [0.1, 0.15) is 39.3 Å². The number of anilines is 2. The zero-order valence-corrected chi connectivity index (χ0v) is 21.6. The van der Waals surface area contributed by atoms with E-state index in [1.807, 2.05) is 38.1 Å². The highest BCUT2D eigenvalue weighted by Gasteiger charge is 2.31. The van der Waals surface area contributed by atoms with Gasteiger partial charge >= 0.3 is 6.09 Å². The SMILES string of the molecule is Cc1c(N)c(C)c(N2CCN(C(=O)OCC3c4ccccc4-c4ccccc43)CC2)c(C)c1CN=[N+]=[N-]. The number of ether oxygens (including phenoxy) is 1. The van der Waals surface area contributed by atoms with Crippen LogP contribution in [0.4, 0.5) is 16.2 Å². The summed E-state index contributed by atoms with van der Waals surface area (Å²) in [6.45, 7) is 9.12. The Hall–Kier alpha value is -4.16. The molecule has 3 aromatic carbocycles. The van der Waals surface area contributed by atoms with Crippen LogP contribution >= 0.6 is 0 Å². The topological polar surface area (TPSA) is 108 Å². The number of fused-ring (bicyclic) bond motifs is 3. The van der Waals surface area contributed by atoms with Gasteiger partial charge in [-0.15, -0.1) is 0 Å². The van der Waals surface area contributed by atoms with E-state index in [4.69, 9.17) is 16.0 Å². The van der Waals surface area contributed by atoms with Gasteiger partial charge < -0.3 is 20.3 Å². The third-order valence-electron chi connectivity index (χ3n) is 7.91. The smallest absolute Gasteiger partial charge is 0.409 e. The molecule has 8 nitrogen and oxygen atoms in total. The standard InChI is InChI=1S/C29H32N6O2/c1-18-25(16-32-33-31)19(2)28(20(3)27(18)30)34-12-14-35(15-13-34)29(36)37-17-26-23-10-6-4-8-21(23)22-9-5-7-11-24(22)26/h4-11,26H,12-17,30H2,1-3H3. The van der Waals surface area contributed by atoms with Gasteiger partial charge in [0.1, 0.15) is 6.61 Å². The summed E-state index contributed by atoms with van der Waals surface area (Å²) in [6.07, 6.45) is -0.276. The number of azide groups is 1. The third-order valence-corrected chi connectivity index (χ3v) is 7.91. The van der Waals surface area contributed by atoms with Crippen molar-refractivity contribution >= 4 is 17.5 Å². The molecule has 3 aromatic rings. The highest BCUT2D eigenvalue weighted by Crippen LogP contribution is 2.44. The Bertz CT molecular complexity index is 1360. The fourth-order valence-corrected chi connectivity index (χ4v) is 5.89. The molecule has 0 spiro atoms. The highest BCUT2D eigenvalue weighted by atomic mass is 16.6. The lowest BCUT2D eigenvalue weighted by atomic mass is 9.94. The van der Waals surface area contributed by atoms with Gasteiger partial charge in [-0.2, -0.15) is 0 Å². The molecule has 190 valence electrons. The fraction of sp³-hybridized carbons (Fsp3) is 0.345. The van der Waals surface area contributed by atoms with Gasteiger partial charge in [0.2, 0.25) is 0 Å². The van der Waals surface area contributed by atoms with Crippen LogP contribution in [0.15, 0.2) is 53.6 Å². The van der Waals surface area contributed by atoms with Crippen LogP contribution in [0.5, 0.6) is 0 Å². The summed E-state index contributed by atoms with van der Waals surface area (Å²) in [5.74, 6) is 0.0490. The Morgan fingerprint density at radius 2 is 1.57 bits per heavy atom. The zero-order chi connectivity index (χ0) is 26.1. The van der Waals surface area contributed by atoms with E-state index >= 15 is 0 Å². The van der Waals surface area contributed by atoms with E-state index in [0.29, 0.717) is 32.8 Å². The number of benzene rings is 3. The number of hydrogen-bond acceptors (Lipinski definition) is 5. The van der Waals surface area contributed by atoms with Crippen molar-refractivity contribution < 1.29 is 9.53 Å². The molecular formula is C29H32N6O2. The predicted molar refractivity (Wildman–Crippen MR) is 147 cm³/mol. The largest absolute Gasteiger partial charge is 0.448 e. The van der Waals surface area contributed by atoms with Crippen LogP contribution < -0.4 is 10.6 Å². The molecule has 2 aliphatic rings. The maximum absolute atomic E-state index is 13.0. The molecule has 1 saturated heterocycles. The Morgan fingerprint density at radius 3 is 2.16 bits per heavy atom. The summed E-state index contributed by atoms with van der Waals surface area (Å²) < 4.78 is 5.87. The van der Waals surface area contributed by atoms with Crippen LogP contribution in [0.3, 0.4) is 0 Å². The first-order valence-electron chi connectivity index (χ1n) is 12.7. The Kier molecular flexibility index (Phi) is 6.68. The molecule has 0 aromatic heterocycles. The van der Waals surface area contributed by atoms with Gasteiger partial charge in [0, 0.05) is 48.4 Å². The van der Waals surface area contributed by atoms with Crippen LogP contribution in [0.2, 0.25) is 0 Å². The molecule has 0 bridgehead atoms. The summed E-state index contributed by atoms with van der Waals surface area (Å²) in [4.78, 5) is 20.0. The van der Waals surface area contributed by atoms with Crippen molar-refractivity contribution in [3.63, 3.8) is 0 Å². The number of amides is 1. The quantitative estimate of drug-likeness (QED) is 0.200. The van der Waals surface area contributed by atoms with E-state index in [2.05, 4.69) is 46.1 Å². The summed E-state index contributed by atoms with van der Waals surface area (Å²) >= 11 is 0. The van der Waals surface area contributed by atoms with Gasteiger partial charge in [0.15, 0.2) is 0 Å². The normalized spacial score (nSPS) is 14.7. The minimum Gasteiger partial charge on any atom is -0.448 e. The van der Waals surface area contributed by atoms with Crippen LogP contribution in [0, 0.1) is 20.8 Å². The number of carbonyl (C=O) groups is 1. The van der Waals surface area contributed by atoms with Gasteiger partial charge in [-0.25, -0.2) is 4.79 Å². The molecule has 0 atom stereocenters. The Balaban J connectivity index is 1.26.